The topological polar surface area (TPSA) is 84.6 Å². The SMILES string of the molecule is O=P(O)(O)Oc1ncn2c1CCCC2. The number of aryl methyl sites for hydroxylation is 1. The Morgan fingerprint density at radius 3 is 3.00 bits per heavy atom. The van der Waals surface area contributed by atoms with Gasteiger partial charge < -0.3 is 9.09 Å². The summed E-state index contributed by atoms with van der Waals surface area (Å²) >= 11 is 0. The predicted octanol–water partition coefficient (Wildman–Crippen LogP) is 0.691. The van der Waals surface area contributed by atoms with E-state index in [1.54, 1.807) is 6.33 Å². The Morgan fingerprint density at radius 1 is 1.50 bits per heavy atom. The summed E-state index contributed by atoms with van der Waals surface area (Å²) < 4.78 is 17.0. The smallest absolute Gasteiger partial charge is 0.384 e. The zero-order valence-corrected chi connectivity index (χ0v) is 8.35. The maximum atomic E-state index is 10.6. The van der Waals surface area contributed by atoms with E-state index < -0.39 is 7.82 Å². The van der Waals surface area contributed by atoms with Gasteiger partial charge in [-0.3, -0.25) is 9.79 Å². The van der Waals surface area contributed by atoms with E-state index in [2.05, 4.69) is 9.51 Å². The maximum absolute atomic E-state index is 10.6. The number of hydrogen-bond donors (Lipinski definition) is 2. The molecule has 0 bridgehead atoms. The molecule has 0 fully saturated rings. The third-order valence-corrected chi connectivity index (χ3v) is 2.59. The van der Waals surface area contributed by atoms with E-state index in [1.165, 1.54) is 0 Å². The van der Waals surface area contributed by atoms with Gasteiger partial charge in [0.2, 0.25) is 5.88 Å². The lowest BCUT2D eigenvalue weighted by Crippen LogP contribution is -2.09. The standard InChI is InChI=1S/C7H11N2O4P/c10-14(11,12)13-7-6-3-1-2-4-9(6)5-8-7/h5H,1-4H2,(H2,10,11,12). The second-order valence-corrected chi connectivity index (χ2v) is 4.39. The van der Waals surface area contributed by atoms with Crippen molar-refractivity contribution in [1.29, 1.82) is 0 Å². The van der Waals surface area contributed by atoms with Crippen molar-refractivity contribution in [3.05, 3.63) is 12.0 Å². The molecule has 2 rings (SSSR count). The number of phosphoric acid groups is 1. The summed E-state index contributed by atoms with van der Waals surface area (Å²) in [4.78, 5) is 21.1. The van der Waals surface area contributed by atoms with Crippen LogP contribution >= 0.6 is 7.82 Å². The third-order valence-electron chi connectivity index (χ3n) is 2.18. The molecule has 1 aromatic rings. The largest absolute Gasteiger partial charge is 0.526 e. The van der Waals surface area contributed by atoms with Crippen molar-refractivity contribution in [3.63, 3.8) is 0 Å². The van der Waals surface area contributed by atoms with Gasteiger partial charge >= 0.3 is 7.82 Å². The van der Waals surface area contributed by atoms with Crippen LogP contribution < -0.4 is 4.52 Å². The van der Waals surface area contributed by atoms with Crippen molar-refractivity contribution >= 4 is 7.82 Å². The van der Waals surface area contributed by atoms with E-state index in [1.807, 2.05) is 4.57 Å². The van der Waals surface area contributed by atoms with Crippen molar-refractivity contribution < 1.29 is 18.9 Å². The molecular formula is C7H11N2O4P. The minimum absolute atomic E-state index is 0.0676. The number of nitrogens with zero attached hydrogens (tertiary/aromatic N) is 2. The van der Waals surface area contributed by atoms with E-state index in [0.717, 1.165) is 31.5 Å². The van der Waals surface area contributed by atoms with Crippen LogP contribution in [0.2, 0.25) is 0 Å². The lowest BCUT2D eigenvalue weighted by atomic mass is 10.1. The van der Waals surface area contributed by atoms with Gasteiger partial charge in [-0.1, -0.05) is 0 Å². The van der Waals surface area contributed by atoms with Crippen molar-refractivity contribution in [1.82, 2.24) is 9.55 Å². The fourth-order valence-electron chi connectivity index (χ4n) is 1.60. The van der Waals surface area contributed by atoms with Gasteiger partial charge in [-0.05, 0) is 19.3 Å². The van der Waals surface area contributed by atoms with Crippen LogP contribution in [0.1, 0.15) is 18.5 Å². The monoisotopic (exact) mass is 218 g/mol. The normalized spacial score (nSPS) is 16.4. The third kappa shape index (κ3) is 1.97. The molecule has 2 heterocycles. The summed E-state index contributed by atoms with van der Waals surface area (Å²) in [6.07, 6.45) is 4.39. The van der Waals surface area contributed by atoms with Crippen LogP contribution in [0, 0.1) is 0 Å². The molecule has 0 aromatic carbocycles. The lowest BCUT2D eigenvalue weighted by Gasteiger charge is -2.14. The lowest BCUT2D eigenvalue weighted by molar-refractivity contribution is 0.278. The van der Waals surface area contributed by atoms with Gasteiger partial charge in [0.1, 0.15) is 0 Å². The summed E-state index contributed by atoms with van der Waals surface area (Å²) in [7, 11) is -4.48. The van der Waals surface area contributed by atoms with Crippen LogP contribution in [0.5, 0.6) is 5.88 Å². The highest BCUT2D eigenvalue weighted by atomic mass is 31.2. The van der Waals surface area contributed by atoms with Gasteiger partial charge in [-0.15, -0.1) is 0 Å². The van der Waals surface area contributed by atoms with Crippen molar-refractivity contribution in [2.24, 2.45) is 0 Å². The van der Waals surface area contributed by atoms with E-state index in [9.17, 15) is 4.57 Å². The van der Waals surface area contributed by atoms with Crippen LogP contribution in [0.3, 0.4) is 0 Å². The molecule has 7 heteroatoms. The van der Waals surface area contributed by atoms with Gasteiger partial charge in [-0.25, -0.2) is 9.55 Å². The van der Waals surface area contributed by atoms with E-state index in [-0.39, 0.29) is 5.88 Å². The molecule has 0 atom stereocenters. The Labute approximate surface area is 80.8 Å². The van der Waals surface area contributed by atoms with Crippen LogP contribution in [0.15, 0.2) is 6.33 Å². The molecule has 0 spiro atoms. The Bertz CT molecular complexity index is 383. The molecule has 1 aliphatic heterocycles. The van der Waals surface area contributed by atoms with Gasteiger partial charge in [0.15, 0.2) is 0 Å². The Hall–Kier alpha value is -0.840. The number of imidazole rings is 1. The van der Waals surface area contributed by atoms with E-state index in [0.29, 0.717) is 0 Å². The maximum Gasteiger partial charge on any atom is 0.526 e. The first-order valence-electron chi connectivity index (χ1n) is 4.35. The van der Waals surface area contributed by atoms with Gasteiger partial charge in [0.25, 0.3) is 0 Å². The first kappa shape index (κ1) is 9.71. The molecule has 0 saturated carbocycles. The van der Waals surface area contributed by atoms with Gasteiger partial charge in [0, 0.05) is 6.54 Å². The minimum Gasteiger partial charge on any atom is -0.384 e. The molecule has 0 aliphatic carbocycles. The number of rotatable bonds is 2. The summed E-state index contributed by atoms with van der Waals surface area (Å²) in [6.45, 7) is 0.840. The van der Waals surface area contributed by atoms with Crippen molar-refractivity contribution in [3.8, 4) is 5.88 Å². The summed E-state index contributed by atoms with van der Waals surface area (Å²) in [5.74, 6) is 0.0676. The van der Waals surface area contributed by atoms with Crippen LogP contribution in [-0.4, -0.2) is 19.3 Å². The number of phosphoric ester groups is 1. The average Bonchev–Trinajstić information content (AvgIpc) is 2.47. The fraction of sp³-hybridized carbons (Fsp3) is 0.571. The second kappa shape index (κ2) is 3.38. The Morgan fingerprint density at radius 2 is 2.29 bits per heavy atom. The summed E-state index contributed by atoms with van der Waals surface area (Å²) in [6, 6.07) is 0. The molecule has 2 N–H and O–H groups in total. The highest BCUT2D eigenvalue weighted by molar-refractivity contribution is 7.46. The molecule has 0 unspecified atom stereocenters. The summed E-state index contributed by atoms with van der Waals surface area (Å²) in [5.41, 5.74) is 0.777. The highest BCUT2D eigenvalue weighted by Crippen LogP contribution is 2.39. The molecule has 14 heavy (non-hydrogen) atoms. The molecule has 0 saturated heterocycles. The summed E-state index contributed by atoms with van der Waals surface area (Å²) in [5, 5.41) is 0. The quantitative estimate of drug-likeness (QED) is 0.713. The average molecular weight is 218 g/mol. The molecular weight excluding hydrogens is 207 g/mol. The van der Waals surface area contributed by atoms with Crippen LogP contribution in [0.25, 0.3) is 0 Å². The number of aromatic nitrogens is 2. The van der Waals surface area contributed by atoms with Gasteiger partial charge in [0.05, 0.1) is 12.0 Å². The number of hydrogen-bond acceptors (Lipinski definition) is 3. The Balaban J connectivity index is 2.27. The van der Waals surface area contributed by atoms with E-state index >= 15 is 0 Å². The zero-order chi connectivity index (χ0) is 10.2. The van der Waals surface area contributed by atoms with Crippen molar-refractivity contribution in [2.45, 2.75) is 25.8 Å². The second-order valence-electron chi connectivity index (χ2n) is 3.23. The van der Waals surface area contributed by atoms with Crippen molar-refractivity contribution in [2.75, 3.05) is 0 Å². The molecule has 78 valence electrons. The molecule has 0 amide bonds. The predicted molar refractivity (Wildman–Crippen MR) is 47.8 cm³/mol. The first-order chi connectivity index (χ1) is 6.56. The fourth-order valence-corrected chi connectivity index (χ4v) is 1.97. The zero-order valence-electron chi connectivity index (χ0n) is 7.46. The highest BCUT2D eigenvalue weighted by Gasteiger charge is 2.23. The molecule has 1 aromatic heterocycles. The molecule has 1 aliphatic rings. The number of fused-ring (bicyclic) bond motifs is 1. The molecule has 0 radical (unpaired) electrons. The Kier molecular flexibility index (Phi) is 2.34. The first-order valence-corrected chi connectivity index (χ1v) is 5.88. The van der Waals surface area contributed by atoms with Crippen LogP contribution in [0.4, 0.5) is 0 Å². The molecule has 6 nitrogen and oxygen atoms in total. The van der Waals surface area contributed by atoms with E-state index in [4.69, 9.17) is 9.79 Å². The minimum atomic E-state index is -4.48. The van der Waals surface area contributed by atoms with Gasteiger partial charge in [-0.2, -0.15) is 0 Å². The van der Waals surface area contributed by atoms with Crippen LogP contribution in [-0.2, 0) is 17.5 Å².